The number of carbonyl (C=O) groups excluding carboxylic acids is 2. The van der Waals surface area contributed by atoms with Crippen molar-refractivity contribution in [1.29, 1.82) is 0 Å². The van der Waals surface area contributed by atoms with Gasteiger partial charge in [-0.2, -0.15) is 0 Å². The van der Waals surface area contributed by atoms with Crippen LogP contribution in [0.5, 0.6) is 11.5 Å². The molecule has 2 rings (SSSR count). The molecule has 2 aromatic carbocycles. The van der Waals surface area contributed by atoms with Gasteiger partial charge in [0.25, 0.3) is 11.8 Å². The molecule has 0 aromatic heterocycles. The lowest BCUT2D eigenvalue weighted by Crippen LogP contribution is -2.48. The summed E-state index contributed by atoms with van der Waals surface area (Å²) >= 11 is 5.91. The smallest absolute Gasteiger partial charge is 0.279 e. The van der Waals surface area contributed by atoms with Crippen molar-refractivity contribution in [2.75, 3.05) is 6.61 Å². The largest absolute Gasteiger partial charge is 0.484 e. The highest BCUT2D eigenvalue weighted by atomic mass is 35.5. The Balaban J connectivity index is 1.76. The molecule has 2 amide bonds. The van der Waals surface area contributed by atoms with Crippen molar-refractivity contribution in [2.24, 2.45) is 0 Å². The molecule has 2 aromatic rings. The number of amides is 2. The average Bonchev–Trinajstić information content (AvgIpc) is 2.62. The van der Waals surface area contributed by atoms with Crippen LogP contribution >= 0.6 is 11.6 Å². The molecule has 0 radical (unpaired) electrons. The summed E-state index contributed by atoms with van der Waals surface area (Å²) in [7, 11) is 0. The van der Waals surface area contributed by atoms with Gasteiger partial charge < -0.3 is 9.47 Å². The quantitative estimate of drug-likeness (QED) is 0.755. The Labute approximate surface area is 155 Å². The SMILES string of the molecule is Cc1cc(OCC(=O)NNC(=O)[C@H](C)Oc2ccccc2F)ccc1Cl. The van der Waals surface area contributed by atoms with Crippen molar-refractivity contribution in [3.63, 3.8) is 0 Å². The Bertz CT molecular complexity index is 801. The molecule has 0 unspecified atom stereocenters. The van der Waals surface area contributed by atoms with Gasteiger partial charge >= 0.3 is 0 Å². The molecular formula is C18H18ClFN2O4. The van der Waals surface area contributed by atoms with Crippen LogP contribution in [-0.2, 0) is 9.59 Å². The minimum absolute atomic E-state index is 0.0529. The summed E-state index contributed by atoms with van der Waals surface area (Å²) in [5.74, 6) is -1.36. The number of rotatable bonds is 6. The summed E-state index contributed by atoms with van der Waals surface area (Å²) in [6.07, 6.45) is -1.01. The van der Waals surface area contributed by atoms with Crippen molar-refractivity contribution < 1.29 is 23.5 Å². The van der Waals surface area contributed by atoms with Crippen molar-refractivity contribution >= 4 is 23.4 Å². The van der Waals surface area contributed by atoms with Crippen LogP contribution in [0.3, 0.4) is 0 Å². The minimum Gasteiger partial charge on any atom is -0.484 e. The van der Waals surface area contributed by atoms with Crippen molar-refractivity contribution in [2.45, 2.75) is 20.0 Å². The number of nitrogens with one attached hydrogen (secondary N) is 2. The van der Waals surface area contributed by atoms with E-state index in [2.05, 4.69) is 10.9 Å². The number of para-hydroxylation sites is 1. The van der Waals surface area contributed by atoms with Crippen LogP contribution in [0.25, 0.3) is 0 Å². The topological polar surface area (TPSA) is 76.7 Å². The number of hydrogen-bond donors (Lipinski definition) is 2. The van der Waals surface area contributed by atoms with E-state index in [-0.39, 0.29) is 12.4 Å². The van der Waals surface area contributed by atoms with Gasteiger partial charge in [-0.3, -0.25) is 20.4 Å². The van der Waals surface area contributed by atoms with Gasteiger partial charge in [-0.25, -0.2) is 4.39 Å². The van der Waals surface area contributed by atoms with Gasteiger partial charge in [0.2, 0.25) is 0 Å². The van der Waals surface area contributed by atoms with E-state index in [1.165, 1.54) is 25.1 Å². The molecule has 138 valence electrons. The number of aryl methyl sites for hydroxylation is 1. The minimum atomic E-state index is -1.01. The maximum absolute atomic E-state index is 13.5. The van der Waals surface area contributed by atoms with Crippen molar-refractivity contribution in [1.82, 2.24) is 10.9 Å². The number of ether oxygens (including phenoxy) is 2. The highest BCUT2D eigenvalue weighted by Crippen LogP contribution is 2.21. The fourth-order valence-electron chi connectivity index (χ4n) is 1.91. The van der Waals surface area contributed by atoms with Crippen LogP contribution in [-0.4, -0.2) is 24.5 Å². The molecule has 0 aliphatic rings. The van der Waals surface area contributed by atoms with E-state index in [9.17, 15) is 14.0 Å². The summed E-state index contributed by atoms with van der Waals surface area (Å²) in [4.78, 5) is 23.6. The summed E-state index contributed by atoms with van der Waals surface area (Å²) in [6, 6.07) is 10.7. The third-order valence-corrected chi connectivity index (χ3v) is 3.76. The predicted molar refractivity (Wildman–Crippen MR) is 94.5 cm³/mol. The predicted octanol–water partition coefficient (Wildman–Crippen LogP) is 2.78. The van der Waals surface area contributed by atoms with Gasteiger partial charge in [0, 0.05) is 5.02 Å². The molecule has 0 saturated carbocycles. The van der Waals surface area contributed by atoms with E-state index in [4.69, 9.17) is 21.1 Å². The summed E-state index contributed by atoms with van der Waals surface area (Å²) < 4.78 is 24.0. The highest BCUT2D eigenvalue weighted by Gasteiger charge is 2.17. The second kappa shape index (κ2) is 9.05. The van der Waals surface area contributed by atoms with E-state index >= 15 is 0 Å². The standard InChI is InChI=1S/C18H18ClFN2O4/c1-11-9-13(7-8-14(11)19)25-10-17(23)21-22-18(24)12(2)26-16-6-4-3-5-15(16)20/h3-9,12H,10H2,1-2H3,(H,21,23)(H,22,24)/t12-/m0/s1. The van der Waals surface area contributed by atoms with E-state index in [1.807, 2.05) is 6.92 Å². The molecule has 0 spiro atoms. The monoisotopic (exact) mass is 380 g/mol. The first-order valence-corrected chi connectivity index (χ1v) is 8.13. The molecule has 0 heterocycles. The van der Waals surface area contributed by atoms with Crippen LogP contribution < -0.4 is 20.3 Å². The van der Waals surface area contributed by atoms with Crippen LogP contribution in [0, 0.1) is 12.7 Å². The third kappa shape index (κ3) is 5.63. The van der Waals surface area contributed by atoms with Gasteiger partial charge in [0.15, 0.2) is 24.3 Å². The fourth-order valence-corrected chi connectivity index (χ4v) is 2.03. The van der Waals surface area contributed by atoms with Crippen LogP contribution in [0.4, 0.5) is 4.39 Å². The molecule has 0 aliphatic heterocycles. The second-order valence-corrected chi connectivity index (χ2v) is 5.83. The molecule has 8 heteroatoms. The zero-order valence-corrected chi connectivity index (χ0v) is 15.0. The van der Waals surface area contributed by atoms with Crippen molar-refractivity contribution in [3.8, 4) is 11.5 Å². The second-order valence-electron chi connectivity index (χ2n) is 5.43. The Morgan fingerprint density at radius 2 is 1.92 bits per heavy atom. The maximum atomic E-state index is 13.5. The van der Waals surface area contributed by atoms with E-state index in [0.29, 0.717) is 10.8 Å². The molecule has 1 atom stereocenters. The zero-order chi connectivity index (χ0) is 19.1. The van der Waals surface area contributed by atoms with E-state index in [0.717, 1.165) is 5.56 Å². The van der Waals surface area contributed by atoms with Crippen LogP contribution in [0.15, 0.2) is 42.5 Å². The summed E-state index contributed by atoms with van der Waals surface area (Å²) in [5.41, 5.74) is 5.20. The molecule has 2 N–H and O–H groups in total. The van der Waals surface area contributed by atoms with Gasteiger partial charge in [-0.1, -0.05) is 23.7 Å². The summed E-state index contributed by atoms with van der Waals surface area (Å²) in [6.45, 7) is 2.94. The number of halogens is 2. The molecule has 0 bridgehead atoms. The first-order valence-electron chi connectivity index (χ1n) is 7.75. The van der Waals surface area contributed by atoms with Crippen LogP contribution in [0.2, 0.25) is 5.02 Å². The molecule has 0 saturated heterocycles. The Hall–Kier alpha value is -2.80. The first kappa shape index (κ1) is 19.5. The van der Waals surface area contributed by atoms with E-state index < -0.39 is 23.7 Å². The number of benzene rings is 2. The van der Waals surface area contributed by atoms with Gasteiger partial charge in [0.05, 0.1) is 0 Å². The van der Waals surface area contributed by atoms with Crippen LogP contribution in [0.1, 0.15) is 12.5 Å². The van der Waals surface area contributed by atoms with Crippen molar-refractivity contribution in [3.05, 3.63) is 58.9 Å². The lowest BCUT2D eigenvalue weighted by Gasteiger charge is -2.15. The zero-order valence-electron chi connectivity index (χ0n) is 14.2. The average molecular weight is 381 g/mol. The molecule has 0 fully saturated rings. The van der Waals surface area contributed by atoms with Gasteiger partial charge in [0.1, 0.15) is 5.75 Å². The number of hydrogen-bond acceptors (Lipinski definition) is 4. The Morgan fingerprint density at radius 3 is 2.62 bits per heavy atom. The Morgan fingerprint density at radius 1 is 1.19 bits per heavy atom. The van der Waals surface area contributed by atoms with E-state index in [1.54, 1.807) is 24.3 Å². The maximum Gasteiger partial charge on any atom is 0.279 e. The van der Waals surface area contributed by atoms with Gasteiger partial charge in [-0.05, 0) is 49.7 Å². The lowest BCUT2D eigenvalue weighted by molar-refractivity contribution is -0.133. The molecule has 6 nitrogen and oxygen atoms in total. The normalized spacial score (nSPS) is 11.4. The third-order valence-electron chi connectivity index (χ3n) is 3.33. The molecule has 0 aliphatic carbocycles. The molecular weight excluding hydrogens is 363 g/mol. The first-order chi connectivity index (χ1) is 12.4. The fraction of sp³-hybridized carbons (Fsp3) is 0.222. The highest BCUT2D eigenvalue weighted by molar-refractivity contribution is 6.31. The molecule has 26 heavy (non-hydrogen) atoms. The summed E-state index contributed by atoms with van der Waals surface area (Å²) in [5, 5.41) is 0.595. The number of hydrazine groups is 1. The Kier molecular flexibility index (Phi) is 6.80. The number of carbonyl (C=O) groups is 2. The lowest BCUT2D eigenvalue weighted by atomic mass is 10.2. The van der Waals surface area contributed by atoms with Gasteiger partial charge in [-0.15, -0.1) is 0 Å².